The number of hydrogen-bond donors (Lipinski definition) is 2. The van der Waals surface area contributed by atoms with E-state index in [0.29, 0.717) is 5.56 Å². The number of methoxy groups -OCH3 is 1. The molecule has 1 atom stereocenters. The Morgan fingerprint density at radius 3 is 2.57 bits per heavy atom. The molecule has 146 valence electrons. The molecule has 0 amide bonds. The predicted molar refractivity (Wildman–Crippen MR) is 95.7 cm³/mol. The molecule has 0 unspecified atom stereocenters. The number of nitriles is 1. The van der Waals surface area contributed by atoms with Crippen molar-refractivity contribution in [2.24, 2.45) is 5.73 Å². The molecule has 9 heteroatoms. The number of rotatable bonds is 5. The first-order chi connectivity index (χ1) is 13.2. The van der Waals surface area contributed by atoms with Crippen molar-refractivity contribution >= 4 is 11.7 Å². The summed E-state index contributed by atoms with van der Waals surface area (Å²) in [5.74, 6) is -0.742. The zero-order valence-corrected chi connectivity index (χ0v) is 15.0. The Hall–Kier alpha value is -3.38. The van der Waals surface area contributed by atoms with Crippen molar-refractivity contribution in [1.82, 2.24) is 4.98 Å². The van der Waals surface area contributed by atoms with Crippen molar-refractivity contribution in [3.05, 3.63) is 70.7 Å². The molecular weight excluding hydrogens is 373 g/mol. The Kier molecular flexibility index (Phi) is 6.38. The molecule has 0 radical (unpaired) electrons. The Balaban J connectivity index is 2.41. The highest BCUT2D eigenvalue weighted by Crippen LogP contribution is 2.31. The second-order valence-corrected chi connectivity index (χ2v) is 5.80. The van der Waals surface area contributed by atoms with Gasteiger partial charge in [-0.3, -0.25) is 0 Å². The van der Waals surface area contributed by atoms with Crippen molar-refractivity contribution in [3.63, 3.8) is 0 Å². The number of halogens is 3. The summed E-state index contributed by atoms with van der Waals surface area (Å²) < 4.78 is 43.5. The molecule has 2 rings (SSSR count). The van der Waals surface area contributed by atoms with Crippen molar-refractivity contribution in [1.29, 1.82) is 5.26 Å². The molecule has 3 N–H and O–H groups in total. The summed E-state index contributed by atoms with van der Waals surface area (Å²) in [5, 5.41) is 11.6. The average Bonchev–Trinajstić information content (AvgIpc) is 2.67. The van der Waals surface area contributed by atoms with E-state index >= 15 is 0 Å². The lowest BCUT2D eigenvalue weighted by Gasteiger charge is -2.19. The third-order valence-electron chi connectivity index (χ3n) is 3.90. The minimum atomic E-state index is -4.49. The van der Waals surface area contributed by atoms with Gasteiger partial charge in [0, 0.05) is 17.6 Å². The molecule has 1 aromatic carbocycles. The molecule has 0 saturated carbocycles. The maximum atomic E-state index is 12.9. The Morgan fingerprint density at radius 1 is 1.32 bits per heavy atom. The summed E-state index contributed by atoms with van der Waals surface area (Å²) in [6.07, 6.45) is -3.14. The number of alkyl halides is 3. The number of nitrogens with two attached hydrogens (primary N) is 1. The molecule has 2 aromatic rings. The molecule has 0 saturated heterocycles. The molecule has 0 spiro atoms. The Labute approximate surface area is 159 Å². The van der Waals surface area contributed by atoms with Gasteiger partial charge in [-0.15, -0.1) is 0 Å². The quantitative estimate of drug-likeness (QED) is 0.598. The van der Waals surface area contributed by atoms with E-state index in [-0.39, 0.29) is 22.7 Å². The normalized spacial score (nSPS) is 13.2. The average molecular weight is 390 g/mol. The lowest BCUT2D eigenvalue weighted by Crippen LogP contribution is -2.24. The first kappa shape index (κ1) is 20.9. The number of nitrogens with zero attached hydrogens (tertiary/aromatic N) is 2. The van der Waals surface area contributed by atoms with Gasteiger partial charge in [0.25, 0.3) is 0 Å². The standard InChI is InChI=1S/C19H17F3N4O2/c1-11(26-14-5-3-4-13(8-14)19(20,21)22)16(18(27)28-2)17(24)12-6-7-15(9-23)25-10-12/h3-8,10,17,26H,24H2,1-2H3/b16-11+/t17-/m1/s1. The third kappa shape index (κ3) is 4.86. The van der Waals surface area contributed by atoms with Crippen LogP contribution in [0.3, 0.4) is 0 Å². The number of aromatic nitrogens is 1. The molecule has 0 fully saturated rings. The molecule has 0 aliphatic heterocycles. The van der Waals surface area contributed by atoms with Gasteiger partial charge in [-0.05, 0) is 36.8 Å². The number of pyridine rings is 1. The van der Waals surface area contributed by atoms with Crippen molar-refractivity contribution < 1.29 is 22.7 Å². The summed E-state index contributed by atoms with van der Waals surface area (Å²) in [4.78, 5) is 16.2. The van der Waals surface area contributed by atoms with E-state index in [0.717, 1.165) is 12.1 Å². The number of esters is 1. The minimum absolute atomic E-state index is 0.0198. The molecule has 1 aromatic heterocycles. The van der Waals surface area contributed by atoms with Gasteiger partial charge < -0.3 is 15.8 Å². The summed E-state index contributed by atoms with van der Waals surface area (Å²) in [7, 11) is 1.17. The van der Waals surface area contributed by atoms with Crippen molar-refractivity contribution in [3.8, 4) is 6.07 Å². The van der Waals surface area contributed by atoms with Gasteiger partial charge in [0.15, 0.2) is 0 Å². The molecule has 28 heavy (non-hydrogen) atoms. The van der Waals surface area contributed by atoms with E-state index in [2.05, 4.69) is 10.3 Å². The van der Waals surface area contributed by atoms with Crippen LogP contribution >= 0.6 is 0 Å². The molecule has 0 aliphatic carbocycles. The van der Waals surface area contributed by atoms with Crippen LogP contribution in [0.15, 0.2) is 53.9 Å². The summed E-state index contributed by atoms with van der Waals surface area (Å²) in [6, 6.07) is 8.44. The fraction of sp³-hybridized carbons (Fsp3) is 0.211. The SMILES string of the molecule is COC(=O)/C(=C(\C)Nc1cccc(C(F)(F)F)c1)[C@H](N)c1ccc(C#N)nc1. The largest absolute Gasteiger partial charge is 0.466 e. The van der Waals surface area contributed by atoms with Gasteiger partial charge in [-0.25, -0.2) is 9.78 Å². The zero-order valence-electron chi connectivity index (χ0n) is 15.0. The maximum absolute atomic E-state index is 12.9. The van der Waals surface area contributed by atoms with Gasteiger partial charge >= 0.3 is 12.1 Å². The van der Waals surface area contributed by atoms with Crippen molar-refractivity contribution in [2.45, 2.75) is 19.1 Å². The first-order valence-electron chi connectivity index (χ1n) is 8.02. The van der Waals surface area contributed by atoms with E-state index in [1.807, 2.05) is 6.07 Å². The Bertz CT molecular complexity index is 931. The van der Waals surface area contributed by atoms with Gasteiger partial charge in [0.2, 0.25) is 0 Å². The third-order valence-corrected chi connectivity index (χ3v) is 3.90. The topological polar surface area (TPSA) is 101 Å². The molecule has 6 nitrogen and oxygen atoms in total. The lowest BCUT2D eigenvalue weighted by molar-refractivity contribution is -0.138. The van der Waals surface area contributed by atoms with Crippen LogP contribution in [0.5, 0.6) is 0 Å². The van der Waals surface area contributed by atoms with Crippen LogP contribution in [0.25, 0.3) is 0 Å². The van der Waals surface area contributed by atoms with Gasteiger partial charge in [0.1, 0.15) is 11.8 Å². The number of carbonyl (C=O) groups is 1. The fourth-order valence-electron chi connectivity index (χ4n) is 2.50. The first-order valence-corrected chi connectivity index (χ1v) is 8.02. The van der Waals surface area contributed by atoms with Crippen LogP contribution in [0.2, 0.25) is 0 Å². The number of benzene rings is 1. The van der Waals surface area contributed by atoms with E-state index < -0.39 is 23.8 Å². The number of allylic oxidation sites excluding steroid dienone is 1. The molecular formula is C19H17F3N4O2. The predicted octanol–water partition coefficient (Wildman–Crippen LogP) is 3.53. The highest BCUT2D eigenvalue weighted by Gasteiger charge is 2.30. The Morgan fingerprint density at radius 2 is 2.04 bits per heavy atom. The monoisotopic (exact) mass is 390 g/mol. The van der Waals surface area contributed by atoms with Gasteiger partial charge in [0.05, 0.1) is 24.3 Å². The number of hydrogen-bond acceptors (Lipinski definition) is 6. The summed E-state index contributed by atoms with van der Waals surface area (Å²) in [6.45, 7) is 1.50. The van der Waals surface area contributed by atoms with Crippen LogP contribution in [0.4, 0.5) is 18.9 Å². The highest BCUT2D eigenvalue weighted by molar-refractivity contribution is 5.91. The second kappa shape index (κ2) is 8.54. The van der Waals surface area contributed by atoms with Crippen LogP contribution < -0.4 is 11.1 Å². The van der Waals surface area contributed by atoms with Crippen LogP contribution in [0, 0.1) is 11.3 Å². The smallest absolute Gasteiger partial charge is 0.416 e. The number of carbonyl (C=O) groups excluding carboxylic acids is 1. The number of ether oxygens (including phenoxy) is 1. The lowest BCUT2D eigenvalue weighted by atomic mass is 9.99. The number of anilines is 1. The van der Waals surface area contributed by atoms with Gasteiger partial charge in [-0.1, -0.05) is 12.1 Å². The molecule has 0 aliphatic rings. The van der Waals surface area contributed by atoms with Crippen LogP contribution in [-0.2, 0) is 15.7 Å². The van der Waals surface area contributed by atoms with Gasteiger partial charge in [-0.2, -0.15) is 18.4 Å². The van der Waals surface area contributed by atoms with Crippen molar-refractivity contribution in [2.75, 3.05) is 12.4 Å². The molecule has 1 heterocycles. The fourth-order valence-corrected chi connectivity index (χ4v) is 2.50. The molecule has 0 bridgehead atoms. The van der Waals surface area contributed by atoms with E-state index in [1.54, 1.807) is 0 Å². The van der Waals surface area contributed by atoms with Crippen LogP contribution in [-0.4, -0.2) is 18.1 Å². The summed E-state index contributed by atoms with van der Waals surface area (Å²) >= 11 is 0. The number of nitrogens with one attached hydrogen (secondary N) is 1. The van der Waals surface area contributed by atoms with E-state index in [4.69, 9.17) is 15.7 Å². The van der Waals surface area contributed by atoms with E-state index in [1.165, 1.54) is 44.5 Å². The second-order valence-electron chi connectivity index (χ2n) is 5.80. The maximum Gasteiger partial charge on any atom is 0.416 e. The van der Waals surface area contributed by atoms with Crippen LogP contribution in [0.1, 0.15) is 29.8 Å². The summed E-state index contributed by atoms with van der Waals surface area (Å²) in [5.41, 5.74) is 6.33. The highest BCUT2D eigenvalue weighted by atomic mass is 19.4. The van der Waals surface area contributed by atoms with E-state index in [9.17, 15) is 18.0 Å². The zero-order chi connectivity index (χ0) is 20.9. The minimum Gasteiger partial charge on any atom is -0.466 e.